The zero-order valence-corrected chi connectivity index (χ0v) is 10.2. The van der Waals surface area contributed by atoms with Gasteiger partial charge in [0.05, 0.1) is 5.56 Å². The number of nitriles is 1. The second-order valence-electron chi connectivity index (χ2n) is 3.96. The van der Waals surface area contributed by atoms with Crippen LogP contribution < -0.4 is 5.32 Å². The maximum atomic E-state index is 8.78. The predicted octanol–water partition coefficient (Wildman–Crippen LogP) is 3.53. The molecule has 1 N–H and O–H groups in total. The van der Waals surface area contributed by atoms with Gasteiger partial charge in [-0.2, -0.15) is 5.26 Å². The number of hydrogen-bond donors (Lipinski definition) is 1. The van der Waals surface area contributed by atoms with Gasteiger partial charge in [0.25, 0.3) is 0 Å². The minimum atomic E-state index is 0.634. The summed E-state index contributed by atoms with van der Waals surface area (Å²) < 4.78 is 0.865. The fourth-order valence-corrected chi connectivity index (χ4v) is 2.25. The normalized spacial score (nSPS) is 23.3. The van der Waals surface area contributed by atoms with E-state index in [0.717, 1.165) is 16.1 Å². The molecule has 1 aromatic carbocycles. The van der Waals surface area contributed by atoms with Gasteiger partial charge in [-0.3, -0.25) is 0 Å². The van der Waals surface area contributed by atoms with Crippen molar-refractivity contribution in [3.05, 3.63) is 28.2 Å². The summed E-state index contributed by atoms with van der Waals surface area (Å²) in [5.41, 5.74) is 1.78. The summed E-state index contributed by atoms with van der Waals surface area (Å²) in [5.74, 6) is 0.833. The van der Waals surface area contributed by atoms with Crippen LogP contribution in [0.2, 0.25) is 0 Å². The molecule has 2 unspecified atom stereocenters. The Morgan fingerprint density at radius 1 is 1.60 bits per heavy atom. The summed E-state index contributed by atoms with van der Waals surface area (Å²) in [6, 6.07) is 8.56. The van der Waals surface area contributed by atoms with E-state index in [1.54, 1.807) is 0 Å². The highest BCUT2D eigenvalue weighted by Crippen LogP contribution is 2.36. The number of nitrogens with zero attached hydrogens (tertiary/aromatic N) is 1. The molecular formula is C12H13BrN2. The van der Waals surface area contributed by atoms with Gasteiger partial charge in [-0.1, -0.05) is 13.3 Å². The van der Waals surface area contributed by atoms with Crippen LogP contribution in [-0.4, -0.2) is 6.04 Å². The molecule has 78 valence electrons. The Labute approximate surface area is 98.4 Å². The Hall–Kier alpha value is -1.01. The van der Waals surface area contributed by atoms with Gasteiger partial charge < -0.3 is 5.32 Å². The maximum Gasteiger partial charge on any atom is 0.100 e. The highest BCUT2D eigenvalue weighted by Gasteiger charge is 2.34. The molecule has 0 heterocycles. The van der Waals surface area contributed by atoms with Crippen LogP contribution in [0.4, 0.5) is 5.69 Å². The van der Waals surface area contributed by atoms with Crippen molar-refractivity contribution >= 4 is 21.6 Å². The Morgan fingerprint density at radius 3 is 2.93 bits per heavy atom. The number of halogens is 1. The molecule has 0 spiro atoms. The Balaban J connectivity index is 2.05. The number of rotatable bonds is 3. The monoisotopic (exact) mass is 264 g/mol. The first-order valence-electron chi connectivity index (χ1n) is 5.20. The van der Waals surface area contributed by atoms with Crippen molar-refractivity contribution in [3.63, 3.8) is 0 Å². The van der Waals surface area contributed by atoms with E-state index in [0.29, 0.717) is 11.6 Å². The van der Waals surface area contributed by atoms with Gasteiger partial charge in [-0.25, -0.2) is 0 Å². The molecular weight excluding hydrogens is 252 g/mol. The molecule has 1 saturated carbocycles. The molecule has 3 heteroatoms. The summed E-state index contributed by atoms with van der Waals surface area (Å²) in [5, 5.41) is 12.3. The van der Waals surface area contributed by atoms with Gasteiger partial charge in [0.1, 0.15) is 6.07 Å². The first kappa shape index (κ1) is 10.5. The Morgan fingerprint density at radius 2 is 2.40 bits per heavy atom. The first-order chi connectivity index (χ1) is 7.24. The molecule has 0 aromatic heterocycles. The second-order valence-corrected chi connectivity index (χ2v) is 4.82. The molecule has 1 aliphatic rings. The van der Waals surface area contributed by atoms with Gasteiger partial charge in [0, 0.05) is 16.2 Å². The van der Waals surface area contributed by atoms with E-state index in [1.807, 2.05) is 18.2 Å². The van der Waals surface area contributed by atoms with Crippen LogP contribution in [-0.2, 0) is 0 Å². The molecule has 2 atom stereocenters. The minimum absolute atomic E-state index is 0.634. The predicted molar refractivity (Wildman–Crippen MR) is 64.7 cm³/mol. The van der Waals surface area contributed by atoms with Crippen LogP contribution >= 0.6 is 15.9 Å². The van der Waals surface area contributed by atoms with Crippen LogP contribution in [0.15, 0.2) is 22.7 Å². The van der Waals surface area contributed by atoms with Gasteiger partial charge >= 0.3 is 0 Å². The van der Waals surface area contributed by atoms with E-state index < -0.39 is 0 Å². The quantitative estimate of drug-likeness (QED) is 0.907. The lowest BCUT2D eigenvalue weighted by Crippen LogP contribution is -2.04. The van der Waals surface area contributed by atoms with Crippen molar-refractivity contribution in [2.75, 3.05) is 5.32 Å². The zero-order valence-electron chi connectivity index (χ0n) is 8.63. The highest BCUT2D eigenvalue weighted by atomic mass is 79.9. The molecule has 1 aliphatic carbocycles. The standard InChI is InChI=1S/C12H13BrN2/c1-2-8-5-12(8)15-10-4-3-9(7-14)11(13)6-10/h3-4,6,8,12,15H,2,5H2,1H3. The lowest BCUT2D eigenvalue weighted by atomic mass is 10.2. The van der Waals surface area contributed by atoms with Crippen LogP contribution in [0.1, 0.15) is 25.3 Å². The van der Waals surface area contributed by atoms with Crippen LogP contribution in [0, 0.1) is 17.2 Å². The highest BCUT2D eigenvalue weighted by molar-refractivity contribution is 9.10. The molecule has 15 heavy (non-hydrogen) atoms. The van der Waals surface area contributed by atoms with Crippen molar-refractivity contribution in [3.8, 4) is 6.07 Å². The number of benzene rings is 1. The van der Waals surface area contributed by atoms with Gasteiger partial charge in [0.15, 0.2) is 0 Å². The Bertz CT molecular complexity index is 409. The van der Waals surface area contributed by atoms with E-state index >= 15 is 0 Å². The summed E-state index contributed by atoms with van der Waals surface area (Å²) in [7, 11) is 0. The maximum absolute atomic E-state index is 8.78. The molecule has 2 rings (SSSR count). The smallest absolute Gasteiger partial charge is 0.100 e. The van der Waals surface area contributed by atoms with Crippen molar-refractivity contribution in [1.82, 2.24) is 0 Å². The molecule has 1 aromatic rings. The SMILES string of the molecule is CCC1CC1Nc1ccc(C#N)c(Br)c1. The zero-order chi connectivity index (χ0) is 10.8. The van der Waals surface area contributed by atoms with E-state index in [4.69, 9.17) is 5.26 Å². The molecule has 0 amide bonds. The Kier molecular flexibility index (Phi) is 2.97. The lowest BCUT2D eigenvalue weighted by Gasteiger charge is -2.06. The summed E-state index contributed by atoms with van der Waals surface area (Å²) in [6.07, 6.45) is 2.52. The number of nitrogens with one attached hydrogen (secondary N) is 1. The summed E-state index contributed by atoms with van der Waals surface area (Å²) in [6.45, 7) is 2.22. The fourth-order valence-electron chi connectivity index (χ4n) is 1.79. The molecule has 0 saturated heterocycles. The van der Waals surface area contributed by atoms with Crippen LogP contribution in [0.3, 0.4) is 0 Å². The van der Waals surface area contributed by atoms with Gasteiger partial charge in [-0.15, -0.1) is 0 Å². The fraction of sp³-hybridized carbons (Fsp3) is 0.417. The summed E-state index contributed by atoms with van der Waals surface area (Å²) in [4.78, 5) is 0. The summed E-state index contributed by atoms with van der Waals surface area (Å²) >= 11 is 3.39. The second kappa shape index (κ2) is 4.24. The van der Waals surface area contributed by atoms with Crippen molar-refractivity contribution in [2.45, 2.75) is 25.8 Å². The van der Waals surface area contributed by atoms with Crippen LogP contribution in [0.25, 0.3) is 0 Å². The lowest BCUT2D eigenvalue weighted by molar-refractivity contribution is 0.775. The van der Waals surface area contributed by atoms with Crippen molar-refractivity contribution < 1.29 is 0 Å². The average Bonchev–Trinajstić information content (AvgIpc) is 2.97. The third kappa shape index (κ3) is 2.32. The minimum Gasteiger partial charge on any atom is -0.382 e. The van der Waals surface area contributed by atoms with Crippen molar-refractivity contribution in [2.24, 2.45) is 5.92 Å². The van der Waals surface area contributed by atoms with Crippen molar-refractivity contribution in [1.29, 1.82) is 5.26 Å². The molecule has 0 radical (unpaired) electrons. The van der Waals surface area contributed by atoms with E-state index in [2.05, 4.69) is 34.2 Å². The van der Waals surface area contributed by atoms with E-state index in [1.165, 1.54) is 12.8 Å². The number of anilines is 1. The average molecular weight is 265 g/mol. The topological polar surface area (TPSA) is 35.8 Å². The number of hydrogen-bond acceptors (Lipinski definition) is 2. The first-order valence-corrected chi connectivity index (χ1v) is 6.00. The van der Waals surface area contributed by atoms with Gasteiger partial charge in [-0.05, 0) is 46.5 Å². The molecule has 0 bridgehead atoms. The third-order valence-corrected chi connectivity index (χ3v) is 3.54. The van der Waals surface area contributed by atoms with E-state index in [-0.39, 0.29) is 0 Å². The molecule has 0 aliphatic heterocycles. The largest absolute Gasteiger partial charge is 0.382 e. The van der Waals surface area contributed by atoms with E-state index in [9.17, 15) is 0 Å². The third-order valence-electron chi connectivity index (χ3n) is 2.89. The van der Waals surface area contributed by atoms with Crippen LogP contribution in [0.5, 0.6) is 0 Å². The molecule has 1 fully saturated rings. The molecule has 2 nitrogen and oxygen atoms in total. The van der Waals surface area contributed by atoms with Gasteiger partial charge in [0.2, 0.25) is 0 Å².